The van der Waals surface area contributed by atoms with Gasteiger partial charge in [0.1, 0.15) is 12.1 Å². The van der Waals surface area contributed by atoms with Gasteiger partial charge in [0.2, 0.25) is 0 Å². The number of carbonyl (C=O) groups excluding carboxylic acids is 2. The summed E-state index contributed by atoms with van der Waals surface area (Å²) in [6.07, 6.45) is -0.292. The molecule has 0 bridgehead atoms. The van der Waals surface area contributed by atoms with Crippen LogP contribution in [0.2, 0.25) is 0 Å². The first-order chi connectivity index (χ1) is 6.61. The van der Waals surface area contributed by atoms with Crippen molar-refractivity contribution in [3.63, 3.8) is 0 Å². The van der Waals surface area contributed by atoms with E-state index in [1.165, 1.54) is 6.92 Å². The third kappa shape index (κ3) is 4.87. The lowest BCUT2D eigenvalue weighted by atomic mass is 10.4. The van der Waals surface area contributed by atoms with Crippen molar-refractivity contribution in [3.05, 3.63) is 0 Å². The molecule has 6 nitrogen and oxygen atoms in total. The monoisotopic (exact) mass is 197 g/mol. The second-order valence-corrected chi connectivity index (χ2v) is 2.29. The lowest BCUT2D eigenvalue weighted by Crippen LogP contribution is -2.22. The van der Waals surface area contributed by atoms with Gasteiger partial charge in [0.25, 0.3) is 5.91 Å². The number of nitriles is 1. The first-order valence-electron chi connectivity index (χ1n) is 3.99. The number of hydrogen-bond donors (Lipinski definition) is 1. The standard InChI is InChI=1S/C8H11N3O3/c1-3-14-8(13)6(2)10-11-7(12)4-5-9/h3-4H2,1-2H3,(H,11,12)/b10-6+. The van der Waals surface area contributed by atoms with Crippen molar-refractivity contribution in [2.45, 2.75) is 20.3 Å². The SMILES string of the molecule is CCOC(=O)/C(C)=N/NC(=O)CC#N. The average molecular weight is 197 g/mol. The number of nitrogens with one attached hydrogen (secondary N) is 1. The summed E-state index contributed by atoms with van der Waals surface area (Å²) >= 11 is 0. The van der Waals surface area contributed by atoms with Crippen molar-refractivity contribution in [1.29, 1.82) is 5.26 Å². The van der Waals surface area contributed by atoms with E-state index < -0.39 is 11.9 Å². The van der Waals surface area contributed by atoms with E-state index in [1.54, 1.807) is 13.0 Å². The van der Waals surface area contributed by atoms with Crippen LogP contribution in [-0.4, -0.2) is 24.2 Å². The fourth-order valence-electron chi connectivity index (χ4n) is 0.539. The molecule has 0 rings (SSSR count). The number of ether oxygens (including phenoxy) is 1. The second kappa shape index (κ2) is 6.60. The molecule has 14 heavy (non-hydrogen) atoms. The predicted octanol–water partition coefficient (Wildman–Crippen LogP) is -0.0447. The van der Waals surface area contributed by atoms with Crippen molar-refractivity contribution in [2.75, 3.05) is 6.61 Å². The number of nitrogens with zero attached hydrogens (tertiary/aromatic N) is 2. The third-order valence-electron chi connectivity index (χ3n) is 1.16. The van der Waals surface area contributed by atoms with Crippen LogP contribution in [0, 0.1) is 11.3 Å². The van der Waals surface area contributed by atoms with Crippen LogP contribution >= 0.6 is 0 Å². The summed E-state index contributed by atoms with van der Waals surface area (Å²) in [4.78, 5) is 21.7. The predicted molar refractivity (Wildman–Crippen MR) is 48.1 cm³/mol. The molecule has 0 aliphatic heterocycles. The summed E-state index contributed by atoms with van der Waals surface area (Å²) < 4.78 is 4.61. The highest BCUT2D eigenvalue weighted by molar-refractivity contribution is 6.35. The van der Waals surface area contributed by atoms with Gasteiger partial charge in [0, 0.05) is 0 Å². The van der Waals surface area contributed by atoms with Crippen LogP contribution in [0.15, 0.2) is 5.10 Å². The number of esters is 1. The van der Waals surface area contributed by atoms with Crippen LogP contribution in [0.3, 0.4) is 0 Å². The van der Waals surface area contributed by atoms with Crippen LogP contribution in [0.5, 0.6) is 0 Å². The molecule has 0 saturated heterocycles. The molecule has 6 heteroatoms. The Morgan fingerprint density at radius 3 is 2.71 bits per heavy atom. The van der Waals surface area contributed by atoms with Crippen LogP contribution in [0.1, 0.15) is 20.3 Å². The second-order valence-electron chi connectivity index (χ2n) is 2.29. The maximum Gasteiger partial charge on any atom is 0.354 e. The fourth-order valence-corrected chi connectivity index (χ4v) is 0.539. The van der Waals surface area contributed by atoms with Gasteiger partial charge < -0.3 is 4.74 Å². The van der Waals surface area contributed by atoms with Crippen LogP contribution < -0.4 is 5.43 Å². The highest BCUT2D eigenvalue weighted by atomic mass is 16.5. The van der Waals surface area contributed by atoms with E-state index >= 15 is 0 Å². The number of amides is 1. The van der Waals surface area contributed by atoms with Crippen molar-refractivity contribution in [1.82, 2.24) is 5.43 Å². The van der Waals surface area contributed by atoms with E-state index in [4.69, 9.17) is 5.26 Å². The van der Waals surface area contributed by atoms with Gasteiger partial charge in [0.15, 0.2) is 0 Å². The van der Waals surface area contributed by atoms with Gasteiger partial charge >= 0.3 is 5.97 Å². The highest BCUT2D eigenvalue weighted by Gasteiger charge is 2.06. The number of hydrogen-bond acceptors (Lipinski definition) is 5. The Morgan fingerprint density at radius 1 is 1.57 bits per heavy atom. The van der Waals surface area contributed by atoms with Crippen LogP contribution in [-0.2, 0) is 14.3 Å². The first-order valence-corrected chi connectivity index (χ1v) is 3.99. The van der Waals surface area contributed by atoms with E-state index in [0.717, 1.165) is 0 Å². The van der Waals surface area contributed by atoms with Gasteiger partial charge in [-0.3, -0.25) is 4.79 Å². The van der Waals surface area contributed by atoms with Gasteiger partial charge in [-0.05, 0) is 13.8 Å². The van der Waals surface area contributed by atoms with Crippen molar-refractivity contribution in [3.8, 4) is 6.07 Å². The van der Waals surface area contributed by atoms with Gasteiger partial charge in [-0.25, -0.2) is 10.2 Å². The molecular weight excluding hydrogens is 186 g/mol. The summed E-state index contributed by atoms with van der Waals surface area (Å²) in [7, 11) is 0. The molecule has 0 aromatic carbocycles. The molecule has 0 aliphatic carbocycles. The molecule has 0 radical (unpaired) electrons. The topological polar surface area (TPSA) is 91.5 Å². The van der Waals surface area contributed by atoms with Gasteiger partial charge in [0.05, 0.1) is 12.7 Å². The Morgan fingerprint density at radius 2 is 2.21 bits per heavy atom. The average Bonchev–Trinajstić information content (AvgIpc) is 2.15. The summed E-state index contributed by atoms with van der Waals surface area (Å²) in [5.74, 6) is -1.15. The van der Waals surface area contributed by atoms with Crippen LogP contribution in [0.4, 0.5) is 0 Å². The van der Waals surface area contributed by atoms with E-state index in [2.05, 4.69) is 9.84 Å². The minimum Gasteiger partial charge on any atom is -0.461 e. The molecule has 76 valence electrons. The molecule has 0 fully saturated rings. The van der Waals surface area contributed by atoms with Gasteiger partial charge in [-0.15, -0.1) is 0 Å². The molecule has 0 atom stereocenters. The van der Waals surface area contributed by atoms with E-state index in [1.807, 2.05) is 5.43 Å². The quantitative estimate of drug-likeness (QED) is 0.388. The lowest BCUT2D eigenvalue weighted by molar-refractivity contribution is -0.135. The maximum absolute atomic E-state index is 10.9. The number of hydrazone groups is 1. The summed E-state index contributed by atoms with van der Waals surface area (Å²) in [6, 6.07) is 1.65. The largest absolute Gasteiger partial charge is 0.461 e. The Kier molecular flexibility index (Phi) is 5.70. The fraction of sp³-hybridized carbons (Fsp3) is 0.500. The Hall–Kier alpha value is -1.90. The molecule has 0 aliphatic rings. The van der Waals surface area contributed by atoms with E-state index in [9.17, 15) is 9.59 Å². The maximum atomic E-state index is 10.9. The molecule has 1 N–H and O–H groups in total. The summed E-state index contributed by atoms with van der Waals surface area (Å²) in [6.45, 7) is 3.32. The smallest absolute Gasteiger partial charge is 0.354 e. The minimum absolute atomic E-state index is 0.0399. The zero-order valence-electron chi connectivity index (χ0n) is 8.03. The zero-order chi connectivity index (χ0) is 11.0. The zero-order valence-corrected chi connectivity index (χ0v) is 8.03. The molecule has 0 spiro atoms. The van der Waals surface area contributed by atoms with Crippen molar-refractivity contribution >= 4 is 17.6 Å². The summed E-state index contributed by atoms with van der Waals surface area (Å²) in [5.41, 5.74) is 2.09. The first kappa shape index (κ1) is 12.1. The minimum atomic E-state index is -0.593. The molecule has 0 aromatic rings. The van der Waals surface area contributed by atoms with Crippen molar-refractivity contribution < 1.29 is 14.3 Å². The lowest BCUT2D eigenvalue weighted by Gasteiger charge is -2.00. The Bertz CT molecular complexity index is 291. The molecular formula is C8H11N3O3. The Labute approximate surface area is 81.5 Å². The van der Waals surface area contributed by atoms with Gasteiger partial charge in [-0.1, -0.05) is 0 Å². The molecule has 1 amide bonds. The van der Waals surface area contributed by atoms with E-state index in [0.29, 0.717) is 0 Å². The number of rotatable bonds is 4. The number of carbonyl (C=O) groups is 2. The van der Waals surface area contributed by atoms with Crippen LogP contribution in [0.25, 0.3) is 0 Å². The normalized spacial score (nSPS) is 10.2. The molecule has 0 unspecified atom stereocenters. The molecule has 0 saturated carbocycles. The third-order valence-corrected chi connectivity index (χ3v) is 1.16. The van der Waals surface area contributed by atoms with Crippen molar-refractivity contribution in [2.24, 2.45) is 5.10 Å². The highest BCUT2D eigenvalue weighted by Crippen LogP contribution is 1.83. The van der Waals surface area contributed by atoms with E-state index in [-0.39, 0.29) is 18.7 Å². The Balaban J connectivity index is 4.06. The summed E-state index contributed by atoms with van der Waals surface area (Å²) in [5, 5.41) is 11.6. The molecule has 0 aromatic heterocycles. The van der Waals surface area contributed by atoms with Gasteiger partial charge in [-0.2, -0.15) is 10.4 Å². The molecule has 0 heterocycles.